The molecule has 1 aromatic heterocycles. The number of hydrogen-bond acceptors (Lipinski definition) is 5. The molecule has 2 heterocycles. The topological polar surface area (TPSA) is 73.2 Å². The van der Waals surface area contributed by atoms with E-state index in [0.717, 1.165) is 11.1 Å². The quantitative estimate of drug-likeness (QED) is 0.367. The van der Waals surface area contributed by atoms with Gasteiger partial charge in [0.25, 0.3) is 5.56 Å². The van der Waals surface area contributed by atoms with E-state index in [9.17, 15) is 9.59 Å². The van der Waals surface area contributed by atoms with Gasteiger partial charge in [0, 0.05) is 25.1 Å². The van der Waals surface area contributed by atoms with Crippen molar-refractivity contribution in [2.45, 2.75) is 23.2 Å². The highest BCUT2D eigenvalue weighted by Gasteiger charge is 2.32. The lowest BCUT2D eigenvalue weighted by atomic mass is 9.87. The highest BCUT2D eigenvalue weighted by Crippen LogP contribution is 2.36. The van der Waals surface area contributed by atoms with Crippen molar-refractivity contribution in [1.82, 2.24) is 9.55 Å². The number of ether oxygens (including phenoxy) is 1. The van der Waals surface area contributed by atoms with Crippen molar-refractivity contribution in [2.24, 2.45) is 7.05 Å². The zero-order chi connectivity index (χ0) is 21.8. The van der Waals surface area contributed by atoms with E-state index in [1.54, 1.807) is 16.7 Å². The zero-order valence-corrected chi connectivity index (χ0v) is 17.8. The molecule has 6 nitrogen and oxygen atoms in total. The average Bonchev–Trinajstić information content (AvgIpc) is 2.79. The third kappa shape index (κ3) is 4.49. The highest BCUT2D eigenvalue weighted by molar-refractivity contribution is 7.98. The monoisotopic (exact) mass is 431 g/mol. The van der Waals surface area contributed by atoms with Gasteiger partial charge in [0.1, 0.15) is 18.2 Å². The third-order valence-corrected chi connectivity index (χ3v) is 6.22. The first-order valence-electron chi connectivity index (χ1n) is 9.80. The van der Waals surface area contributed by atoms with Crippen LogP contribution < -0.4 is 15.6 Å². The van der Waals surface area contributed by atoms with Gasteiger partial charge in [-0.1, -0.05) is 60.1 Å². The van der Waals surface area contributed by atoms with E-state index in [1.165, 1.54) is 11.8 Å². The summed E-state index contributed by atoms with van der Waals surface area (Å²) in [6.07, 6.45) is 5.41. The summed E-state index contributed by atoms with van der Waals surface area (Å²) in [5.41, 5.74) is 2.17. The lowest BCUT2D eigenvalue weighted by molar-refractivity contribution is -0.116. The van der Waals surface area contributed by atoms with Crippen molar-refractivity contribution in [3.05, 3.63) is 81.6 Å². The van der Waals surface area contributed by atoms with Crippen LogP contribution in [-0.2, 0) is 17.6 Å². The van der Waals surface area contributed by atoms with Crippen molar-refractivity contribution < 1.29 is 9.53 Å². The normalized spacial score (nSPS) is 15.0. The molecular weight excluding hydrogens is 410 g/mol. The number of benzene rings is 2. The van der Waals surface area contributed by atoms with Crippen LogP contribution in [0.1, 0.15) is 29.0 Å². The minimum absolute atomic E-state index is 0.134. The number of hydrogen-bond donors (Lipinski definition) is 1. The van der Waals surface area contributed by atoms with E-state index >= 15 is 0 Å². The van der Waals surface area contributed by atoms with Crippen LogP contribution in [0.15, 0.2) is 64.5 Å². The summed E-state index contributed by atoms with van der Waals surface area (Å²) in [5, 5.41) is 3.43. The van der Waals surface area contributed by atoms with Gasteiger partial charge >= 0.3 is 0 Å². The Morgan fingerprint density at radius 2 is 1.94 bits per heavy atom. The van der Waals surface area contributed by atoms with Crippen molar-refractivity contribution in [2.75, 3.05) is 11.9 Å². The van der Waals surface area contributed by atoms with Gasteiger partial charge in [0.15, 0.2) is 5.16 Å². The van der Waals surface area contributed by atoms with Crippen LogP contribution in [0, 0.1) is 12.3 Å². The largest absolute Gasteiger partial charge is 0.481 e. The SMILES string of the molecule is C#CCOc1ccc([C@H]2CC(=O)Nc3c2c(=O)nc(SCc2ccccc2)n3C)cc1. The molecule has 1 N–H and O–H groups in total. The molecule has 0 aliphatic carbocycles. The summed E-state index contributed by atoms with van der Waals surface area (Å²) in [4.78, 5) is 29.8. The smallest absolute Gasteiger partial charge is 0.279 e. The molecule has 1 aliphatic rings. The molecule has 31 heavy (non-hydrogen) atoms. The predicted octanol–water partition coefficient (Wildman–Crippen LogP) is 3.56. The Morgan fingerprint density at radius 3 is 2.65 bits per heavy atom. The van der Waals surface area contributed by atoms with Crippen LogP contribution in [0.25, 0.3) is 0 Å². The molecule has 0 unspecified atom stereocenters. The third-order valence-electron chi connectivity index (χ3n) is 5.12. The summed E-state index contributed by atoms with van der Waals surface area (Å²) in [6, 6.07) is 17.3. The van der Waals surface area contributed by atoms with Gasteiger partial charge in [-0.3, -0.25) is 9.59 Å². The molecule has 2 aromatic carbocycles. The first-order chi connectivity index (χ1) is 15.1. The number of fused-ring (bicyclic) bond motifs is 1. The number of nitrogens with zero attached hydrogens (tertiary/aromatic N) is 2. The second kappa shape index (κ2) is 9.11. The molecule has 0 fully saturated rings. The number of thioether (sulfide) groups is 1. The number of amides is 1. The fraction of sp³-hybridized carbons (Fsp3) is 0.208. The molecular formula is C24H21N3O3S. The van der Waals surface area contributed by atoms with Crippen molar-refractivity contribution in [1.29, 1.82) is 0 Å². The minimum atomic E-state index is -0.371. The second-order valence-corrected chi connectivity index (χ2v) is 8.10. The first-order valence-corrected chi connectivity index (χ1v) is 10.8. The van der Waals surface area contributed by atoms with Crippen molar-refractivity contribution >= 4 is 23.5 Å². The Hall–Kier alpha value is -3.50. The molecule has 1 amide bonds. The molecule has 7 heteroatoms. The molecule has 0 saturated carbocycles. The Morgan fingerprint density at radius 1 is 1.19 bits per heavy atom. The number of terminal acetylenes is 1. The van der Waals surface area contributed by atoms with Gasteiger partial charge in [-0.25, -0.2) is 0 Å². The number of nitrogens with one attached hydrogen (secondary N) is 1. The Bertz CT molecular complexity index is 1200. The van der Waals surface area contributed by atoms with Gasteiger partial charge in [-0.15, -0.1) is 6.42 Å². The summed E-state index contributed by atoms with van der Waals surface area (Å²) < 4.78 is 7.20. The molecule has 0 saturated heterocycles. The number of aromatic nitrogens is 2. The van der Waals surface area contributed by atoms with Crippen LogP contribution >= 0.6 is 11.8 Å². The van der Waals surface area contributed by atoms with Crippen LogP contribution in [-0.4, -0.2) is 22.1 Å². The second-order valence-electron chi connectivity index (χ2n) is 7.16. The summed E-state index contributed by atoms with van der Waals surface area (Å²) in [5.74, 6) is 3.74. The van der Waals surface area contributed by atoms with Crippen LogP contribution in [0.2, 0.25) is 0 Å². The number of anilines is 1. The van der Waals surface area contributed by atoms with E-state index in [-0.39, 0.29) is 30.4 Å². The molecule has 0 bridgehead atoms. The van der Waals surface area contributed by atoms with Crippen LogP contribution in [0.4, 0.5) is 5.82 Å². The van der Waals surface area contributed by atoms with Crippen LogP contribution in [0.3, 0.4) is 0 Å². The lowest BCUT2D eigenvalue weighted by Gasteiger charge is -2.27. The molecule has 156 valence electrons. The standard InChI is InChI=1S/C24H21N3O3S/c1-3-13-30-18-11-9-17(10-12-18)19-14-20(28)25-22-21(19)23(29)26-24(27(22)2)31-15-16-7-5-4-6-8-16/h1,4-12,19H,13-15H2,2H3,(H,25,28)/t19-/m1/s1. The van der Waals surface area contributed by atoms with Gasteiger partial charge < -0.3 is 14.6 Å². The number of rotatable bonds is 6. The Labute approximate surface area is 184 Å². The molecule has 4 rings (SSSR count). The van der Waals surface area contributed by atoms with E-state index in [4.69, 9.17) is 11.2 Å². The highest BCUT2D eigenvalue weighted by atomic mass is 32.2. The van der Waals surface area contributed by atoms with Gasteiger partial charge in [0.2, 0.25) is 5.91 Å². The first kappa shape index (κ1) is 20.8. The van der Waals surface area contributed by atoms with Crippen LogP contribution in [0.5, 0.6) is 5.75 Å². The van der Waals surface area contributed by atoms with E-state index in [2.05, 4.69) is 16.2 Å². The van der Waals surface area contributed by atoms with Gasteiger partial charge in [0.05, 0.1) is 5.56 Å². The maximum absolute atomic E-state index is 13.0. The summed E-state index contributed by atoms with van der Waals surface area (Å²) in [6.45, 7) is 0.182. The zero-order valence-electron chi connectivity index (χ0n) is 17.0. The predicted molar refractivity (Wildman–Crippen MR) is 121 cm³/mol. The molecule has 3 aromatic rings. The molecule has 1 aliphatic heterocycles. The summed E-state index contributed by atoms with van der Waals surface area (Å²) in [7, 11) is 1.82. The Kier molecular flexibility index (Phi) is 6.10. The average molecular weight is 432 g/mol. The van der Waals surface area contributed by atoms with E-state index < -0.39 is 0 Å². The van der Waals surface area contributed by atoms with E-state index in [1.807, 2.05) is 49.5 Å². The Balaban J connectivity index is 1.66. The fourth-order valence-corrected chi connectivity index (χ4v) is 4.51. The van der Waals surface area contributed by atoms with Crippen molar-refractivity contribution in [3.8, 4) is 18.1 Å². The van der Waals surface area contributed by atoms with Crippen molar-refractivity contribution in [3.63, 3.8) is 0 Å². The molecule has 0 spiro atoms. The summed E-state index contributed by atoms with van der Waals surface area (Å²) >= 11 is 1.46. The van der Waals surface area contributed by atoms with Gasteiger partial charge in [-0.2, -0.15) is 4.98 Å². The number of carbonyl (C=O) groups excluding carboxylic acids is 1. The van der Waals surface area contributed by atoms with E-state index in [0.29, 0.717) is 28.0 Å². The maximum atomic E-state index is 13.0. The fourth-order valence-electron chi connectivity index (χ4n) is 3.59. The molecule has 0 radical (unpaired) electrons. The lowest BCUT2D eigenvalue weighted by Crippen LogP contribution is -2.33. The minimum Gasteiger partial charge on any atom is -0.481 e. The number of carbonyl (C=O) groups is 1. The maximum Gasteiger partial charge on any atom is 0.279 e. The molecule has 1 atom stereocenters. The van der Waals surface area contributed by atoms with Gasteiger partial charge in [-0.05, 0) is 23.3 Å².